The highest BCUT2D eigenvalue weighted by Gasteiger charge is 2.45. The summed E-state index contributed by atoms with van der Waals surface area (Å²) in [5, 5.41) is 43.3. The fourth-order valence-corrected chi connectivity index (χ4v) is 9.02. The Balaban J connectivity index is 0.918. The zero-order valence-corrected chi connectivity index (χ0v) is 32.9. The highest BCUT2D eigenvalue weighted by molar-refractivity contribution is 7.12. The standard InChI is InChI=1S/C41H48ClN3O7S2/c1-26-9-14-31-30(15-16-33(46)39(31)44-26)34(47)25-43-18-17-27-23-32(42)36(24-35(27)50-3)51-20-6-19-45(2)28-10-12-29(13-11-28)52-40(48)41(49,37-7-4-21-53-37)38-8-5-22-54-38/h4-5,7-9,14-16,21-24,28-29,34,43-44,46-47,49H,1,6,10-13,17-20,25H2,2-3H3/t28?,29?,34-/m0/s1. The van der Waals surface area contributed by atoms with Crippen LogP contribution in [0.4, 0.5) is 5.69 Å². The molecule has 0 radical (unpaired) electrons. The van der Waals surface area contributed by atoms with E-state index in [0.717, 1.165) is 49.8 Å². The van der Waals surface area contributed by atoms with Gasteiger partial charge in [0.25, 0.3) is 0 Å². The van der Waals surface area contributed by atoms with Crippen LogP contribution in [0.2, 0.25) is 5.02 Å². The van der Waals surface area contributed by atoms with Gasteiger partial charge in [0, 0.05) is 36.5 Å². The van der Waals surface area contributed by atoms with Crippen LogP contribution in [0.25, 0.3) is 6.08 Å². The van der Waals surface area contributed by atoms with Crippen LogP contribution in [-0.4, -0.2) is 78.7 Å². The number of nitrogens with one attached hydrogen (secondary N) is 2. The quantitative estimate of drug-likeness (QED) is 0.0417. The molecule has 288 valence electrons. The van der Waals surface area contributed by atoms with Crippen LogP contribution >= 0.6 is 34.3 Å². The van der Waals surface area contributed by atoms with Gasteiger partial charge in [-0.15, -0.1) is 22.7 Å². The highest BCUT2D eigenvalue weighted by Crippen LogP contribution is 2.39. The van der Waals surface area contributed by atoms with E-state index in [1.54, 1.807) is 31.4 Å². The summed E-state index contributed by atoms with van der Waals surface area (Å²) in [6.07, 6.45) is 7.36. The summed E-state index contributed by atoms with van der Waals surface area (Å²) in [6, 6.07) is 14.6. The number of anilines is 1. The zero-order chi connectivity index (χ0) is 38.2. The molecule has 4 aromatic rings. The van der Waals surface area contributed by atoms with Crippen molar-refractivity contribution < 1.29 is 34.3 Å². The minimum absolute atomic E-state index is 0.107. The van der Waals surface area contributed by atoms with Gasteiger partial charge in [0.05, 0.1) is 40.3 Å². The zero-order valence-electron chi connectivity index (χ0n) is 30.6. The first-order chi connectivity index (χ1) is 26.1. The molecule has 0 unspecified atom stereocenters. The summed E-state index contributed by atoms with van der Waals surface area (Å²) < 4.78 is 17.7. The van der Waals surface area contributed by atoms with Gasteiger partial charge in [0.2, 0.25) is 5.60 Å². The molecule has 0 bridgehead atoms. The van der Waals surface area contributed by atoms with Crippen LogP contribution in [0, 0.1) is 0 Å². The lowest BCUT2D eigenvalue weighted by atomic mass is 9.91. The van der Waals surface area contributed by atoms with E-state index in [9.17, 15) is 20.1 Å². The predicted octanol–water partition coefficient (Wildman–Crippen LogP) is 7.49. The third-order valence-corrected chi connectivity index (χ3v) is 12.4. The topological polar surface area (TPSA) is 133 Å². The Morgan fingerprint density at radius 2 is 1.81 bits per heavy atom. The summed E-state index contributed by atoms with van der Waals surface area (Å²) in [4.78, 5) is 16.8. The number of methoxy groups -OCH3 is 1. The SMILES string of the molecule is C=C1C=Cc2c([C@@H](O)CNCCc3cc(Cl)c(OCCCN(C)C4CCC(OC(=O)C(O)(c5cccs5)c5cccs5)CC4)cc3OC)ccc(O)c2N1. The van der Waals surface area contributed by atoms with Crippen molar-refractivity contribution in [1.82, 2.24) is 10.2 Å². The molecule has 2 aliphatic rings. The molecule has 5 N–H and O–H groups in total. The number of halogens is 1. The summed E-state index contributed by atoms with van der Waals surface area (Å²) in [6.45, 7) is 6.11. The second kappa shape index (κ2) is 18.2. The van der Waals surface area contributed by atoms with Crippen molar-refractivity contribution in [3.05, 3.63) is 109 Å². The van der Waals surface area contributed by atoms with Crippen LogP contribution in [0.5, 0.6) is 17.2 Å². The van der Waals surface area contributed by atoms with E-state index in [-0.39, 0.29) is 11.9 Å². The highest BCUT2D eigenvalue weighted by atomic mass is 35.5. The fourth-order valence-electron chi connectivity index (χ4n) is 7.07. The van der Waals surface area contributed by atoms with Crippen molar-refractivity contribution in [2.45, 2.75) is 62.4 Å². The van der Waals surface area contributed by atoms with E-state index in [0.29, 0.717) is 75.4 Å². The number of carbonyl (C=O) groups is 1. The van der Waals surface area contributed by atoms with Crippen LogP contribution in [0.3, 0.4) is 0 Å². The van der Waals surface area contributed by atoms with Crippen LogP contribution < -0.4 is 20.1 Å². The summed E-state index contributed by atoms with van der Waals surface area (Å²) in [5.74, 6) is 0.747. The molecule has 1 aliphatic carbocycles. The Morgan fingerprint density at radius 3 is 2.48 bits per heavy atom. The lowest BCUT2D eigenvalue weighted by Crippen LogP contribution is -2.42. The van der Waals surface area contributed by atoms with E-state index in [2.05, 4.69) is 29.2 Å². The van der Waals surface area contributed by atoms with Crippen molar-refractivity contribution in [3.8, 4) is 17.2 Å². The van der Waals surface area contributed by atoms with E-state index in [1.807, 2.05) is 47.2 Å². The van der Waals surface area contributed by atoms with Gasteiger partial charge in [-0.1, -0.05) is 42.5 Å². The second-order valence-corrected chi connectivity index (χ2v) is 16.0. The fraction of sp³-hybridized carbons (Fsp3) is 0.390. The Kier molecular flexibility index (Phi) is 13.4. The molecule has 1 saturated carbocycles. The van der Waals surface area contributed by atoms with Crippen LogP contribution in [0.1, 0.15) is 64.7 Å². The lowest BCUT2D eigenvalue weighted by molar-refractivity contribution is -0.169. The summed E-state index contributed by atoms with van der Waals surface area (Å²) >= 11 is 9.34. The van der Waals surface area contributed by atoms with Crippen LogP contribution in [0.15, 0.2) is 77.6 Å². The van der Waals surface area contributed by atoms with Crippen LogP contribution in [-0.2, 0) is 21.6 Å². The lowest BCUT2D eigenvalue weighted by Gasteiger charge is -2.35. The van der Waals surface area contributed by atoms with Gasteiger partial charge in [-0.25, -0.2) is 4.79 Å². The number of hydrogen-bond donors (Lipinski definition) is 5. The van der Waals surface area contributed by atoms with E-state index in [1.165, 1.54) is 22.7 Å². The number of hydrogen-bond acceptors (Lipinski definition) is 12. The second-order valence-electron chi connectivity index (χ2n) is 13.7. The number of phenols is 1. The maximum atomic E-state index is 13.4. The minimum atomic E-state index is -1.78. The first-order valence-corrected chi connectivity index (χ1v) is 20.3. The number of allylic oxidation sites excluding steroid dienone is 1. The summed E-state index contributed by atoms with van der Waals surface area (Å²) in [5.41, 5.74) is 1.80. The van der Waals surface area contributed by atoms with E-state index < -0.39 is 17.7 Å². The molecule has 13 heteroatoms. The number of thiophene rings is 2. The molecule has 2 aromatic carbocycles. The molecule has 6 rings (SSSR count). The Morgan fingerprint density at radius 1 is 1.09 bits per heavy atom. The van der Waals surface area contributed by atoms with Gasteiger partial charge < -0.3 is 45.1 Å². The number of aliphatic hydroxyl groups excluding tert-OH is 1. The average Bonchev–Trinajstić information content (AvgIpc) is 3.92. The normalized spacial score (nSPS) is 17.6. The number of benzene rings is 2. The molecule has 0 amide bonds. The van der Waals surface area contributed by atoms with Crippen molar-refractivity contribution in [2.24, 2.45) is 0 Å². The molecular weight excluding hydrogens is 746 g/mol. The molecule has 0 saturated heterocycles. The Labute approximate surface area is 329 Å². The molecule has 2 aromatic heterocycles. The monoisotopic (exact) mass is 793 g/mol. The smallest absolute Gasteiger partial charge is 0.349 e. The van der Waals surface area contributed by atoms with Gasteiger partial charge in [-0.3, -0.25) is 0 Å². The molecule has 3 heterocycles. The van der Waals surface area contributed by atoms with Gasteiger partial charge in [0.15, 0.2) is 0 Å². The molecule has 1 fully saturated rings. The molecule has 54 heavy (non-hydrogen) atoms. The number of esters is 1. The number of phenolic OH excluding ortho intramolecular Hbond substituents is 1. The molecule has 1 atom stereocenters. The van der Waals surface area contributed by atoms with Gasteiger partial charge in [0.1, 0.15) is 23.4 Å². The Bertz CT molecular complexity index is 1880. The number of nitrogens with zero attached hydrogens (tertiary/aromatic N) is 1. The van der Waals surface area contributed by atoms with Gasteiger partial charge in [-0.2, -0.15) is 0 Å². The molecule has 0 spiro atoms. The third-order valence-electron chi connectivity index (χ3n) is 10.1. The van der Waals surface area contributed by atoms with Crippen molar-refractivity contribution in [2.75, 3.05) is 45.7 Å². The summed E-state index contributed by atoms with van der Waals surface area (Å²) in [7, 11) is 3.74. The number of aliphatic hydroxyl groups is 2. The average molecular weight is 794 g/mol. The van der Waals surface area contributed by atoms with Gasteiger partial charge >= 0.3 is 5.97 Å². The van der Waals surface area contributed by atoms with Crippen molar-refractivity contribution >= 4 is 52.0 Å². The maximum absolute atomic E-state index is 13.4. The first kappa shape index (κ1) is 39.8. The predicted molar refractivity (Wildman–Crippen MR) is 216 cm³/mol. The number of rotatable bonds is 17. The first-order valence-electron chi connectivity index (χ1n) is 18.2. The molecular formula is C41H48ClN3O7S2. The molecule has 10 nitrogen and oxygen atoms in total. The van der Waals surface area contributed by atoms with Crippen molar-refractivity contribution in [3.63, 3.8) is 0 Å². The van der Waals surface area contributed by atoms with Gasteiger partial charge in [-0.05, 0) is 104 Å². The molecule has 1 aliphatic heterocycles. The number of ether oxygens (including phenoxy) is 3. The third kappa shape index (κ3) is 9.14. The number of fused-ring (bicyclic) bond motifs is 1. The Hall–Kier alpha value is -3.88. The van der Waals surface area contributed by atoms with E-state index in [4.69, 9.17) is 25.8 Å². The number of aromatic hydroxyl groups is 1. The number of carbonyl (C=O) groups excluding carboxylic acids is 1. The largest absolute Gasteiger partial charge is 0.506 e. The maximum Gasteiger partial charge on any atom is 0.349 e. The minimum Gasteiger partial charge on any atom is -0.506 e. The van der Waals surface area contributed by atoms with E-state index >= 15 is 0 Å². The van der Waals surface area contributed by atoms with Crippen molar-refractivity contribution in [1.29, 1.82) is 0 Å².